The summed E-state index contributed by atoms with van der Waals surface area (Å²) in [6.45, 7) is 4.68. The topological polar surface area (TPSA) is 192 Å². The predicted octanol–water partition coefficient (Wildman–Crippen LogP) is 1.21. The van der Waals surface area contributed by atoms with Gasteiger partial charge in [-0.25, -0.2) is 14.4 Å². The van der Waals surface area contributed by atoms with E-state index in [1.165, 1.54) is 24.3 Å². The largest absolute Gasteiger partial charge is 0.733 e. The van der Waals surface area contributed by atoms with Gasteiger partial charge in [-0.3, -0.25) is 10.0 Å². The van der Waals surface area contributed by atoms with E-state index in [1.807, 2.05) is 5.32 Å². The highest BCUT2D eigenvalue weighted by Gasteiger charge is 2.33. The maximum atomic E-state index is 12.6. The third-order valence-electron chi connectivity index (χ3n) is 3.54. The van der Waals surface area contributed by atoms with Crippen molar-refractivity contribution >= 4 is 29.6 Å². The lowest BCUT2D eigenvalue weighted by Crippen LogP contribution is -2.43. The number of hydrogen-bond donors (Lipinski definition) is 4. The van der Waals surface area contributed by atoms with Crippen molar-refractivity contribution in [1.82, 2.24) is 5.32 Å². The monoisotopic (exact) mass is 426 g/mol. The third-order valence-corrected chi connectivity index (χ3v) is 3.54. The molecule has 30 heavy (non-hydrogen) atoms. The van der Waals surface area contributed by atoms with E-state index in [9.17, 15) is 34.7 Å². The van der Waals surface area contributed by atoms with Gasteiger partial charge in [-0.15, -0.1) is 0 Å². The SMILES string of the molecule is CC(C)(C)OC(=O)C(OC(=O)N[C@@H](CCC(N)=O)C(=O)O)c1ccccc1N([O-])O. The fourth-order valence-corrected chi connectivity index (χ4v) is 2.30. The summed E-state index contributed by atoms with van der Waals surface area (Å²) in [6, 6.07) is 3.73. The van der Waals surface area contributed by atoms with Crippen LogP contribution in [0.1, 0.15) is 45.3 Å². The van der Waals surface area contributed by atoms with Gasteiger partial charge >= 0.3 is 18.0 Å². The molecule has 0 fully saturated rings. The van der Waals surface area contributed by atoms with Gasteiger partial charge in [0.15, 0.2) is 0 Å². The van der Waals surface area contributed by atoms with Gasteiger partial charge in [0, 0.05) is 12.0 Å². The Morgan fingerprint density at radius 3 is 2.33 bits per heavy atom. The number of rotatable bonds is 9. The number of amides is 2. The standard InChI is InChI=1S/C18H24N3O9/c1-18(2,3)30-16(25)14(10-6-4-5-7-12(10)21(27)28)29-17(26)20-11(15(23)24)8-9-13(19)22/h4-7,11,14,27H,8-9H2,1-3H3,(H2,19,22)(H,20,26)(H,23,24)/q-1/t11-,14?/m0/s1. The Balaban J connectivity index is 3.14. The first kappa shape index (κ1) is 24.7. The normalized spacial score (nSPS) is 13.0. The minimum atomic E-state index is -1.80. The fourth-order valence-electron chi connectivity index (χ4n) is 2.30. The average Bonchev–Trinajstić information content (AvgIpc) is 2.61. The molecule has 0 radical (unpaired) electrons. The molecule has 0 spiro atoms. The lowest BCUT2D eigenvalue weighted by molar-refractivity contribution is -0.165. The van der Waals surface area contributed by atoms with Gasteiger partial charge < -0.3 is 36.1 Å². The first-order valence-electron chi connectivity index (χ1n) is 8.78. The van der Waals surface area contributed by atoms with E-state index in [0.717, 1.165) is 0 Å². The molecule has 2 amide bonds. The second-order valence-corrected chi connectivity index (χ2v) is 7.19. The van der Waals surface area contributed by atoms with Gasteiger partial charge in [-0.2, -0.15) is 0 Å². The first-order valence-corrected chi connectivity index (χ1v) is 8.78. The van der Waals surface area contributed by atoms with Gasteiger partial charge in [-0.1, -0.05) is 18.2 Å². The minimum Gasteiger partial charge on any atom is -0.733 e. The molecule has 12 nitrogen and oxygen atoms in total. The molecule has 166 valence electrons. The van der Waals surface area contributed by atoms with E-state index in [2.05, 4.69) is 0 Å². The number of nitrogens with one attached hydrogen (secondary N) is 1. The average molecular weight is 426 g/mol. The summed E-state index contributed by atoms with van der Waals surface area (Å²) in [5, 5.41) is 31.4. The molecule has 0 aromatic heterocycles. The minimum absolute atomic E-state index is 0.191. The highest BCUT2D eigenvalue weighted by molar-refractivity contribution is 5.85. The van der Waals surface area contributed by atoms with Crippen molar-refractivity contribution in [2.75, 3.05) is 5.23 Å². The molecule has 1 rings (SSSR count). The number of alkyl carbamates (subject to hydrolysis) is 1. The summed E-state index contributed by atoms with van der Waals surface area (Å²) in [5.74, 6) is -3.28. The number of esters is 1. The van der Waals surface area contributed by atoms with Crippen molar-refractivity contribution in [3.05, 3.63) is 35.0 Å². The zero-order valence-corrected chi connectivity index (χ0v) is 16.7. The Labute approximate surface area is 172 Å². The molecule has 0 saturated heterocycles. The summed E-state index contributed by atoms with van der Waals surface area (Å²) in [4.78, 5) is 47.0. The first-order chi connectivity index (χ1) is 13.8. The zero-order valence-electron chi connectivity index (χ0n) is 16.7. The fraction of sp³-hybridized carbons (Fsp3) is 0.444. The molecule has 0 heterocycles. The van der Waals surface area contributed by atoms with Crippen molar-refractivity contribution < 1.29 is 39.0 Å². The van der Waals surface area contributed by atoms with Crippen LogP contribution in [0.5, 0.6) is 0 Å². The third kappa shape index (κ3) is 7.93. The number of benzene rings is 1. The molecule has 1 unspecified atom stereocenters. The second kappa shape index (κ2) is 10.4. The van der Waals surface area contributed by atoms with Crippen molar-refractivity contribution in [3.63, 3.8) is 0 Å². The van der Waals surface area contributed by atoms with E-state index in [-0.39, 0.29) is 24.1 Å². The smallest absolute Gasteiger partial charge is 0.409 e. The highest BCUT2D eigenvalue weighted by atomic mass is 16.8. The van der Waals surface area contributed by atoms with E-state index < -0.39 is 46.9 Å². The number of carboxylic acids is 1. The van der Waals surface area contributed by atoms with Crippen molar-refractivity contribution in [2.24, 2.45) is 5.73 Å². The number of primary amides is 1. The predicted molar refractivity (Wildman–Crippen MR) is 102 cm³/mol. The van der Waals surface area contributed by atoms with Gasteiger partial charge in [0.2, 0.25) is 12.0 Å². The molecule has 0 aliphatic rings. The number of carboxylic acid groups (broad SMARTS) is 1. The van der Waals surface area contributed by atoms with Crippen LogP contribution in [-0.2, 0) is 23.9 Å². The van der Waals surface area contributed by atoms with Gasteiger partial charge in [0.05, 0.1) is 5.69 Å². The molecule has 0 aliphatic heterocycles. The zero-order chi connectivity index (χ0) is 23.1. The molecule has 5 N–H and O–H groups in total. The molecular weight excluding hydrogens is 402 g/mol. The van der Waals surface area contributed by atoms with Crippen molar-refractivity contribution in [2.45, 2.75) is 51.4 Å². The Morgan fingerprint density at radius 2 is 1.83 bits per heavy atom. The van der Waals surface area contributed by atoms with Crippen LogP contribution < -0.4 is 16.3 Å². The Kier molecular flexibility index (Phi) is 8.56. The number of ether oxygens (including phenoxy) is 2. The Bertz CT molecular complexity index is 789. The quantitative estimate of drug-likeness (QED) is 0.329. The number of para-hydroxylation sites is 1. The van der Waals surface area contributed by atoms with Gasteiger partial charge in [-0.05, 0) is 33.3 Å². The molecule has 0 bridgehead atoms. The van der Waals surface area contributed by atoms with E-state index >= 15 is 0 Å². The van der Waals surface area contributed by atoms with Crippen molar-refractivity contribution in [1.29, 1.82) is 0 Å². The van der Waals surface area contributed by atoms with E-state index in [0.29, 0.717) is 0 Å². The van der Waals surface area contributed by atoms with Gasteiger partial charge in [0.25, 0.3) is 0 Å². The van der Waals surface area contributed by atoms with Crippen LogP contribution in [0.25, 0.3) is 0 Å². The Hall–Kier alpha value is -3.38. The number of carbonyl (C=O) groups is 4. The van der Waals surface area contributed by atoms with Crippen LogP contribution in [-0.4, -0.2) is 45.9 Å². The summed E-state index contributed by atoms with van der Waals surface area (Å²) < 4.78 is 10.2. The van der Waals surface area contributed by atoms with Crippen LogP contribution in [0.3, 0.4) is 0 Å². The van der Waals surface area contributed by atoms with Crippen LogP contribution in [0.2, 0.25) is 0 Å². The highest BCUT2D eigenvalue weighted by Crippen LogP contribution is 2.30. The second-order valence-electron chi connectivity index (χ2n) is 7.19. The van der Waals surface area contributed by atoms with E-state index in [4.69, 9.17) is 15.2 Å². The molecule has 2 atom stereocenters. The number of anilines is 1. The van der Waals surface area contributed by atoms with Gasteiger partial charge in [0.1, 0.15) is 11.6 Å². The number of nitrogens with zero attached hydrogens (tertiary/aromatic N) is 1. The summed E-state index contributed by atoms with van der Waals surface area (Å²) in [6.07, 6.45) is -3.74. The maximum Gasteiger partial charge on any atom is 0.409 e. The van der Waals surface area contributed by atoms with E-state index in [1.54, 1.807) is 20.8 Å². The molecule has 12 heteroatoms. The van der Waals surface area contributed by atoms with Crippen molar-refractivity contribution in [3.8, 4) is 0 Å². The lowest BCUT2D eigenvalue weighted by atomic mass is 10.1. The summed E-state index contributed by atoms with van der Waals surface area (Å²) in [5.41, 5.74) is 3.42. The lowest BCUT2D eigenvalue weighted by Gasteiger charge is -2.29. The summed E-state index contributed by atoms with van der Waals surface area (Å²) in [7, 11) is 0. The summed E-state index contributed by atoms with van der Waals surface area (Å²) >= 11 is 0. The van der Waals surface area contributed by atoms with Crippen LogP contribution in [0.15, 0.2) is 24.3 Å². The van der Waals surface area contributed by atoms with Crippen LogP contribution in [0.4, 0.5) is 10.5 Å². The number of aliphatic carboxylic acids is 1. The van der Waals surface area contributed by atoms with Crippen LogP contribution >= 0.6 is 0 Å². The number of hydrogen-bond acceptors (Lipinski definition) is 9. The number of carbonyl (C=O) groups excluding carboxylic acids is 3. The molecule has 1 aromatic carbocycles. The Morgan fingerprint density at radius 1 is 1.23 bits per heavy atom. The number of nitrogens with two attached hydrogens (primary N) is 1. The maximum absolute atomic E-state index is 12.6. The molecule has 0 saturated carbocycles. The molecular formula is C18H24N3O9-. The molecule has 0 aliphatic carbocycles. The molecule has 1 aromatic rings. The van der Waals surface area contributed by atoms with Crippen LogP contribution in [0, 0.1) is 5.21 Å².